The smallest absolute Gasteiger partial charge is 0.257 e. The molecule has 0 unspecified atom stereocenters. The molecule has 0 atom stereocenters. The second kappa shape index (κ2) is 7.81. The molecule has 0 aliphatic carbocycles. The second-order valence-electron chi connectivity index (χ2n) is 5.73. The highest BCUT2D eigenvalue weighted by molar-refractivity contribution is 6.42. The Morgan fingerprint density at radius 2 is 2.00 bits per heavy atom. The third-order valence-corrected chi connectivity index (χ3v) is 4.70. The average Bonchev–Trinajstić information content (AvgIpc) is 3.05. The Balaban J connectivity index is 1.72. The predicted octanol–water partition coefficient (Wildman–Crippen LogP) is 4.81. The lowest BCUT2D eigenvalue weighted by Gasteiger charge is -2.09. The van der Waals surface area contributed by atoms with Crippen LogP contribution < -0.4 is 10.1 Å². The van der Waals surface area contributed by atoms with E-state index in [9.17, 15) is 4.79 Å². The van der Waals surface area contributed by atoms with Gasteiger partial charge in [-0.3, -0.25) is 9.48 Å². The van der Waals surface area contributed by atoms with Crippen LogP contribution >= 0.6 is 23.2 Å². The zero-order chi connectivity index (χ0) is 18.7. The lowest BCUT2D eigenvalue weighted by Crippen LogP contribution is -2.14. The van der Waals surface area contributed by atoms with E-state index in [2.05, 4.69) is 10.4 Å². The summed E-state index contributed by atoms with van der Waals surface area (Å²) in [5.41, 5.74) is 2.29. The lowest BCUT2D eigenvalue weighted by atomic mass is 10.1. The Kier molecular flexibility index (Phi) is 5.49. The molecule has 26 heavy (non-hydrogen) atoms. The Morgan fingerprint density at radius 1 is 1.19 bits per heavy atom. The molecule has 1 heterocycles. The number of anilines is 1. The van der Waals surface area contributed by atoms with Crippen LogP contribution in [0.25, 0.3) is 0 Å². The van der Waals surface area contributed by atoms with Gasteiger partial charge in [-0.15, -0.1) is 0 Å². The quantitative estimate of drug-likeness (QED) is 0.681. The molecule has 1 N–H and O–H groups in total. The summed E-state index contributed by atoms with van der Waals surface area (Å²) in [6, 6.07) is 12.5. The molecule has 3 aromatic rings. The van der Waals surface area contributed by atoms with Gasteiger partial charge in [-0.25, -0.2) is 0 Å². The number of amides is 1. The highest BCUT2D eigenvalue weighted by Crippen LogP contribution is 2.23. The minimum absolute atomic E-state index is 0.235. The van der Waals surface area contributed by atoms with Crippen LogP contribution in [0.2, 0.25) is 10.0 Å². The Hall–Kier alpha value is -2.50. The molecule has 0 aliphatic heterocycles. The van der Waals surface area contributed by atoms with Gasteiger partial charge in [-0.2, -0.15) is 5.10 Å². The van der Waals surface area contributed by atoms with Crippen molar-refractivity contribution in [2.75, 3.05) is 12.4 Å². The number of nitrogens with one attached hydrogen (secondary N) is 1. The standard InChI is InChI=1S/C19H17Cl2N3O2/c1-12-14(4-3-5-17(12)26-2)19(25)22-18-8-9-24(23-18)11-13-6-7-15(20)16(21)10-13/h3-10H,11H2,1-2H3,(H,22,23,25). The summed E-state index contributed by atoms with van der Waals surface area (Å²) < 4.78 is 6.97. The molecule has 0 spiro atoms. The van der Waals surface area contributed by atoms with E-state index >= 15 is 0 Å². The van der Waals surface area contributed by atoms with Gasteiger partial charge in [-0.05, 0) is 36.8 Å². The molecule has 0 saturated heterocycles. The first-order valence-corrected chi connectivity index (χ1v) is 8.66. The van der Waals surface area contributed by atoms with Crippen molar-refractivity contribution in [3.05, 3.63) is 75.4 Å². The molecule has 0 saturated carbocycles. The van der Waals surface area contributed by atoms with Crippen molar-refractivity contribution < 1.29 is 9.53 Å². The summed E-state index contributed by atoms with van der Waals surface area (Å²) in [6.07, 6.45) is 1.79. The molecule has 0 radical (unpaired) electrons. The summed E-state index contributed by atoms with van der Waals surface area (Å²) in [7, 11) is 1.58. The fourth-order valence-corrected chi connectivity index (χ4v) is 2.93. The van der Waals surface area contributed by atoms with E-state index in [1.165, 1.54) is 0 Å². The second-order valence-corrected chi connectivity index (χ2v) is 6.55. The Labute approximate surface area is 161 Å². The van der Waals surface area contributed by atoms with Crippen molar-refractivity contribution >= 4 is 34.9 Å². The third kappa shape index (κ3) is 4.00. The number of ether oxygens (including phenoxy) is 1. The number of hydrogen-bond acceptors (Lipinski definition) is 3. The zero-order valence-electron chi connectivity index (χ0n) is 14.3. The number of methoxy groups -OCH3 is 1. The summed E-state index contributed by atoms with van der Waals surface area (Å²) in [5.74, 6) is 0.904. The summed E-state index contributed by atoms with van der Waals surface area (Å²) in [5, 5.41) is 8.19. The number of hydrogen-bond donors (Lipinski definition) is 1. The first-order valence-electron chi connectivity index (χ1n) is 7.90. The fourth-order valence-electron chi connectivity index (χ4n) is 2.61. The molecule has 0 fully saturated rings. The molecule has 7 heteroatoms. The van der Waals surface area contributed by atoms with Crippen LogP contribution in [0.5, 0.6) is 5.75 Å². The van der Waals surface area contributed by atoms with E-state index in [4.69, 9.17) is 27.9 Å². The Morgan fingerprint density at radius 3 is 2.73 bits per heavy atom. The third-order valence-electron chi connectivity index (χ3n) is 3.96. The molecule has 1 amide bonds. The van der Waals surface area contributed by atoms with Crippen molar-refractivity contribution in [1.29, 1.82) is 0 Å². The van der Waals surface area contributed by atoms with E-state index in [-0.39, 0.29) is 5.91 Å². The fraction of sp³-hybridized carbons (Fsp3) is 0.158. The number of aromatic nitrogens is 2. The predicted molar refractivity (Wildman–Crippen MR) is 103 cm³/mol. The van der Waals surface area contributed by atoms with E-state index in [1.54, 1.807) is 48.3 Å². The molecule has 1 aromatic heterocycles. The molecule has 2 aromatic carbocycles. The molecule has 0 aliphatic rings. The number of nitrogens with zero attached hydrogens (tertiary/aromatic N) is 2. The topological polar surface area (TPSA) is 56.1 Å². The van der Waals surface area contributed by atoms with Gasteiger partial charge in [0, 0.05) is 23.4 Å². The first-order chi connectivity index (χ1) is 12.5. The van der Waals surface area contributed by atoms with Crippen LogP contribution in [0, 0.1) is 6.92 Å². The molecule has 134 valence electrons. The Bertz CT molecular complexity index is 954. The monoisotopic (exact) mass is 389 g/mol. The molecular formula is C19H17Cl2N3O2. The molecule has 3 rings (SSSR count). The maximum Gasteiger partial charge on any atom is 0.257 e. The summed E-state index contributed by atoms with van der Waals surface area (Å²) >= 11 is 12.0. The highest BCUT2D eigenvalue weighted by Gasteiger charge is 2.13. The summed E-state index contributed by atoms with van der Waals surface area (Å²) in [4.78, 5) is 12.5. The number of carbonyl (C=O) groups excluding carboxylic acids is 1. The van der Waals surface area contributed by atoms with E-state index < -0.39 is 0 Å². The maximum absolute atomic E-state index is 12.5. The van der Waals surface area contributed by atoms with Crippen LogP contribution in [-0.4, -0.2) is 22.8 Å². The molecule has 0 bridgehead atoms. The normalized spacial score (nSPS) is 10.6. The van der Waals surface area contributed by atoms with Crippen molar-refractivity contribution in [2.45, 2.75) is 13.5 Å². The highest BCUT2D eigenvalue weighted by atomic mass is 35.5. The summed E-state index contributed by atoms with van der Waals surface area (Å²) in [6.45, 7) is 2.36. The number of carbonyl (C=O) groups is 1. The van der Waals surface area contributed by atoms with Crippen molar-refractivity contribution in [2.24, 2.45) is 0 Å². The van der Waals surface area contributed by atoms with E-state index in [0.29, 0.717) is 33.7 Å². The average molecular weight is 390 g/mol. The molecule has 5 nitrogen and oxygen atoms in total. The SMILES string of the molecule is COc1cccc(C(=O)Nc2ccn(Cc3ccc(Cl)c(Cl)c3)n2)c1C. The van der Waals surface area contributed by atoms with Crippen LogP contribution in [0.4, 0.5) is 5.82 Å². The van der Waals surface area contributed by atoms with Crippen LogP contribution in [0.3, 0.4) is 0 Å². The number of rotatable bonds is 5. The van der Waals surface area contributed by atoms with Crippen molar-refractivity contribution in [3.8, 4) is 5.75 Å². The van der Waals surface area contributed by atoms with Crippen LogP contribution in [0.1, 0.15) is 21.5 Å². The number of benzene rings is 2. The van der Waals surface area contributed by atoms with Crippen LogP contribution in [-0.2, 0) is 6.54 Å². The van der Waals surface area contributed by atoms with Gasteiger partial charge >= 0.3 is 0 Å². The van der Waals surface area contributed by atoms with Crippen molar-refractivity contribution in [3.63, 3.8) is 0 Å². The molecular weight excluding hydrogens is 373 g/mol. The van der Waals surface area contributed by atoms with Crippen molar-refractivity contribution in [1.82, 2.24) is 9.78 Å². The van der Waals surface area contributed by atoms with Gasteiger partial charge in [0.1, 0.15) is 5.75 Å². The van der Waals surface area contributed by atoms with Gasteiger partial charge in [0.05, 0.1) is 23.7 Å². The number of halogens is 2. The zero-order valence-corrected chi connectivity index (χ0v) is 15.8. The van der Waals surface area contributed by atoms with Gasteiger partial charge in [-0.1, -0.05) is 35.3 Å². The lowest BCUT2D eigenvalue weighted by molar-refractivity contribution is 0.102. The van der Waals surface area contributed by atoms with Gasteiger partial charge in [0.15, 0.2) is 5.82 Å². The van der Waals surface area contributed by atoms with Gasteiger partial charge in [0.25, 0.3) is 5.91 Å². The maximum atomic E-state index is 12.5. The minimum Gasteiger partial charge on any atom is -0.496 e. The minimum atomic E-state index is -0.235. The largest absolute Gasteiger partial charge is 0.496 e. The van der Waals surface area contributed by atoms with Crippen LogP contribution in [0.15, 0.2) is 48.7 Å². The van der Waals surface area contributed by atoms with Gasteiger partial charge < -0.3 is 10.1 Å². The van der Waals surface area contributed by atoms with Gasteiger partial charge in [0.2, 0.25) is 0 Å². The first kappa shape index (κ1) is 18.3. The van der Waals surface area contributed by atoms with E-state index in [1.807, 2.05) is 19.1 Å². The van der Waals surface area contributed by atoms with E-state index in [0.717, 1.165) is 11.1 Å².